The Bertz CT molecular complexity index is 950. The highest BCUT2D eigenvalue weighted by Gasteiger charge is 2.42. The third-order valence-corrected chi connectivity index (χ3v) is 7.25. The molecule has 3 N–H and O–H groups in total. The standard InChI is InChI=1S/C29H43N3O3/c1-22-12-5-6-14-25(22)26-15-7-8-16-27(26)29(34,17-9-10-19-35-4)24-13-11-18-32(21-24)28(33)31-23(2)20-30-3/h5-8,12,14-16,23-24,30,34H,9-11,13,17-21H2,1-4H3,(H,31,33)/t23-,24+,29-/m0/s1. The van der Waals surface area contributed by atoms with E-state index in [1.54, 1.807) is 7.11 Å². The topological polar surface area (TPSA) is 73.8 Å². The van der Waals surface area contributed by atoms with Gasteiger partial charge in [-0.3, -0.25) is 0 Å². The van der Waals surface area contributed by atoms with E-state index in [4.69, 9.17) is 4.74 Å². The second-order valence-electron chi connectivity index (χ2n) is 9.93. The van der Waals surface area contributed by atoms with E-state index < -0.39 is 5.60 Å². The maximum Gasteiger partial charge on any atom is 0.317 e. The van der Waals surface area contributed by atoms with Crippen molar-refractivity contribution in [3.8, 4) is 11.1 Å². The Morgan fingerprint density at radius 2 is 1.89 bits per heavy atom. The van der Waals surface area contributed by atoms with Crippen molar-refractivity contribution < 1.29 is 14.6 Å². The second kappa shape index (κ2) is 13.1. The molecule has 6 heteroatoms. The number of amides is 2. The number of hydrogen-bond acceptors (Lipinski definition) is 4. The summed E-state index contributed by atoms with van der Waals surface area (Å²) < 4.78 is 5.27. The molecule has 2 amide bonds. The Balaban J connectivity index is 1.93. The van der Waals surface area contributed by atoms with Crippen molar-refractivity contribution in [1.82, 2.24) is 15.5 Å². The average Bonchev–Trinajstić information content (AvgIpc) is 2.87. The zero-order valence-electron chi connectivity index (χ0n) is 21.8. The molecule has 0 spiro atoms. The van der Waals surface area contributed by atoms with Crippen molar-refractivity contribution in [3.63, 3.8) is 0 Å². The molecular formula is C29H43N3O3. The van der Waals surface area contributed by atoms with Crippen molar-refractivity contribution in [2.45, 2.75) is 57.6 Å². The van der Waals surface area contributed by atoms with E-state index in [-0.39, 0.29) is 18.0 Å². The van der Waals surface area contributed by atoms with Gasteiger partial charge in [-0.1, -0.05) is 48.5 Å². The van der Waals surface area contributed by atoms with E-state index in [0.29, 0.717) is 26.1 Å². The van der Waals surface area contributed by atoms with Crippen molar-refractivity contribution in [1.29, 1.82) is 0 Å². The van der Waals surface area contributed by atoms with Crippen LogP contribution in [0.4, 0.5) is 4.79 Å². The van der Waals surface area contributed by atoms with E-state index in [2.05, 4.69) is 47.9 Å². The fourth-order valence-electron chi connectivity index (χ4n) is 5.38. The molecule has 0 radical (unpaired) electrons. The Labute approximate surface area is 211 Å². The summed E-state index contributed by atoms with van der Waals surface area (Å²) in [7, 11) is 3.60. The Morgan fingerprint density at radius 1 is 1.17 bits per heavy atom. The second-order valence-corrected chi connectivity index (χ2v) is 9.93. The number of likely N-dealkylation sites (N-methyl/N-ethyl adjacent to an activating group) is 1. The molecule has 0 bridgehead atoms. The van der Waals surface area contributed by atoms with E-state index >= 15 is 0 Å². The predicted octanol–water partition coefficient (Wildman–Crippen LogP) is 4.70. The molecule has 1 fully saturated rings. The summed E-state index contributed by atoms with van der Waals surface area (Å²) in [5, 5.41) is 18.7. The lowest BCUT2D eigenvalue weighted by atomic mass is 9.72. The number of ether oxygens (including phenoxy) is 1. The zero-order chi connectivity index (χ0) is 25.3. The number of benzene rings is 2. The molecular weight excluding hydrogens is 438 g/mol. The summed E-state index contributed by atoms with van der Waals surface area (Å²) in [6.07, 6.45) is 4.15. The number of carbonyl (C=O) groups is 1. The number of carbonyl (C=O) groups excluding carboxylic acids is 1. The summed E-state index contributed by atoms with van der Waals surface area (Å²) in [6, 6.07) is 16.6. The highest BCUT2D eigenvalue weighted by molar-refractivity contribution is 5.75. The summed E-state index contributed by atoms with van der Waals surface area (Å²) in [5.41, 5.74) is 3.32. The van der Waals surface area contributed by atoms with Crippen LogP contribution in [0.5, 0.6) is 0 Å². The fourth-order valence-corrected chi connectivity index (χ4v) is 5.38. The van der Waals surface area contributed by atoms with Crippen LogP contribution in [0.3, 0.4) is 0 Å². The van der Waals surface area contributed by atoms with Gasteiger partial charge in [-0.05, 0) is 75.3 Å². The monoisotopic (exact) mass is 481 g/mol. The van der Waals surface area contributed by atoms with E-state index in [0.717, 1.165) is 48.9 Å². The SMILES string of the molecule is CNC[C@H](C)NC(=O)N1CCC[C@@H]([C@@](O)(CCCCOC)c2ccccc2-c2ccccc2C)C1. The molecule has 192 valence electrons. The smallest absolute Gasteiger partial charge is 0.317 e. The van der Waals surface area contributed by atoms with E-state index in [1.165, 1.54) is 5.56 Å². The molecule has 1 heterocycles. The molecule has 1 aliphatic heterocycles. The first-order chi connectivity index (χ1) is 16.9. The number of unbranched alkanes of at least 4 members (excludes halogenated alkanes) is 1. The van der Waals surface area contributed by atoms with Gasteiger partial charge in [-0.25, -0.2) is 4.79 Å². The molecule has 0 unspecified atom stereocenters. The molecule has 0 aromatic heterocycles. The summed E-state index contributed by atoms with van der Waals surface area (Å²) in [6.45, 7) is 6.77. The number of nitrogens with one attached hydrogen (secondary N) is 2. The number of likely N-dealkylation sites (tertiary alicyclic amines) is 1. The first kappa shape index (κ1) is 27.2. The minimum Gasteiger partial charge on any atom is -0.385 e. The Hall–Kier alpha value is -2.41. The van der Waals surface area contributed by atoms with Crippen LogP contribution in [-0.2, 0) is 10.3 Å². The van der Waals surface area contributed by atoms with Gasteiger partial charge in [0.05, 0.1) is 5.60 Å². The van der Waals surface area contributed by atoms with Gasteiger partial charge in [0, 0.05) is 45.3 Å². The van der Waals surface area contributed by atoms with Gasteiger partial charge in [0.2, 0.25) is 0 Å². The third kappa shape index (κ3) is 6.84. The van der Waals surface area contributed by atoms with Gasteiger partial charge in [0.1, 0.15) is 0 Å². The number of aliphatic hydroxyl groups is 1. The largest absolute Gasteiger partial charge is 0.385 e. The van der Waals surface area contributed by atoms with Crippen LogP contribution in [0.1, 0.15) is 50.2 Å². The van der Waals surface area contributed by atoms with Crippen LogP contribution >= 0.6 is 0 Å². The summed E-state index contributed by atoms with van der Waals surface area (Å²) in [4.78, 5) is 14.9. The molecule has 0 aliphatic carbocycles. The number of urea groups is 1. The number of piperidine rings is 1. The number of aryl methyl sites for hydroxylation is 1. The fraction of sp³-hybridized carbons (Fsp3) is 0.552. The summed E-state index contributed by atoms with van der Waals surface area (Å²) >= 11 is 0. The average molecular weight is 482 g/mol. The van der Waals surface area contributed by atoms with Gasteiger partial charge < -0.3 is 25.4 Å². The van der Waals surface area contributed by atoms with Crippen LogP contribution in [-0.4, -0.2) is 62.5 Å². The lowest BCUT2D eigenvalue weighted by Gasteiger charge is -2.44. The first-order valence-electron chi connectivity index (χ1n) is 13.0. The lowest BCUT2D eigenvalue weighted by molar-refractivity contribution is -0.0559. The van der Waals surface area contributed by atoms with Crippen molar-refractivity contribution >= 4 is 6.03 Å². The van der Waals surface area contributed by atoms with Crippen LogP contribution in [0.25, 0.3) is 11.1 Å². The quantitative estimate of drug-likeness (QED) is 0.407. The lowest BCUT2D eigenvalue weighted by Crippen LogP contribution is -2.53. The summed E-state index contributed by atoms with van der Waals surface area (Å²) in [5.74, 6) is -0.0469. The molecule has 3 atom stereocenters. The van der Waals surface area contributed by atoms with Gasteiger partial charge in [-0.15, -0.1) is 0 Å². The number of methoxy groups -OCH3 is 1. The van der Waals surface area contributed by atoms with Gasteiger partial charge in [0.25, 0.3) is 0 Å². The van der Waals surface area contributed by atoms with E-state index in [9.17, 15) is 9.90 Å². The minimum absolute atomic E-state index is 0.0441. The van der Waals surface area contributed by atoms with Crippen molar-refractivity contribution in [3.05, 3.63) is 59.7 Å². The van der Waals surface area contributed by atoms with Crippen LogP contribution in [0.2, 0.25) is 0 Å². The molecule has 1 aliphatic rings. The molecule has 6 nitrogen and oxygen atoms in total. The van der Waals surface area contributed by atoms with Gasteiger partial charge >= 0.3 is 6.03 Å². The van der Waals surface area contributed by atoms with E-state index in [1.807, 2.05) is 37.1 Å². The highest BCUT2D eigenvalue weighted by Crippen LogP contribution is 2.44. The minimum atomic E-state index is -1.04. The van der Waals surface area contributed by atoms with Crippen molar-refractivity contribution in [2.24, 2.45) is 5.92 Å². The highest BCUT2D eigenvalue weighted by atomic mass is 16.5. The number of rotatable bonds is 11. The molecule has 35 heavy (non-hydrogen) atoms. The molecule has 0 saturated carbocycles. The Morgan fingerprint density at radius 3 is 2.60 bits per heavy atom. The molecule has 1 saturated heterocycles. The normalized spacial score (nSPS) is 18.7. The van der Waals surface area contributed by atoms with Crippen LogP contribution in [0, 0.1) is 12.8 Å². The maximum atomic E-state index is 13.0. The van der Waals surface area contributed by atoms with Gasteiger partial charge in [0.15, 0.2) is 0 Å². The number of nitrogens with zero attached hydrogens (tertiary/aromatic N) is 1. The predicted molar refractivity (Wildman–Crippen MR) is 142 cm³/mol. The molecule has 2 aromatic carbocycles. The van der Waals surface area contributed by atoms with Crippen molar-refractivity contribution in [2.75, 3.05) is 40.4 Å². The zero-order valence-corrected chi connectivity index (χ0v) is 21.8. The molecule has 2 aromatic rings. The third-order valence-electron chi connectivity index (χ3n) is 7.25. The number of hydrogen-bond donors (Lipinski definition) is 3. The maximum absolute atomic E-state index is 13.0. The molecule has 3 rings (SSSR count). The van der Waals surface area contributed by atoms with Crippen LogP contribution < -0.4 is 10.6 Å². The first-order valence-corrected chi connectivity index (χ1v) is 13.0. The van der Waals surface area contributed by atoms with Gasteiger partial charge in [-0.2, -0.15) is 0 Å². The Kier molecular flexibility index (Phi) is 10.1. The van der Waals surface area contributed by atoms with Crippen LogP contribution in [0.15, 0.2) is 48.5 Å².